The largest absolute Gasteiger partial charge is 0.447 e. The van der Waals surface area contributed by atoms with Crippen molar-refractivity contribution in [2.45, 2.75) is 38.8 Å². The molecule has 0 atom stereocenters. The fraction of sp³-hybridized carbons (Fsp3) is 0.600. The van der Waals surface area contributed by atoms with Crippen molar-refractivity contribution in [1.82, 2.24) is 9.62 Å². The van der Waals surface area contributed by atoms with Gasteiger partial charge in [0.25, 0.3) is 10.0 Å². The van der Waals surface area contributed by atoms with E-state index < -0.39 is 10.0 Å². The van der Waals surface area contributed by atoms with Gasteiger partial charge in [-0.15, -0.1) is 0 Å². The van der Waals surface area contributed by atoms with Crippen molar-refractivity contribution < 1.29 is 12.8 Å². The van der Waals surface area contributed by atoms with E-state index in [1.807, 2.05) is 6.92 Å². The van der Waals surface area contributed by atoms with Gasteiger partial charge in [-0.1, -0.05) is 25.5 Å². The Morgan fingerprint density at radius 1 is 1.38 bits per heavy atom. The number of hydrogen-bond acceptors (Lipinski definition) is 4. The Bertz CT molecular complexity index is 602. The average Bonchev–Trinajstić information content (AvgIpc) is 2.88. The first kappa shape index (κ1) is 16.3. The zero-order valence-electron chi connectivity index (χ0n) is 12.9. The predicted molar refractivity (Wildman–Crippen MR) is 82.4 cm³/mol. The van der Waals surface area contributed by atoms with Crippen molar-refractivity contribution in [3.05, 3.63) is 29.5 Å². The van der Waals surface area contributed by atoms with Crippen molar-refractivity contribution in [2.75, 3.05) is 19.6 Å². The van der Waals surface area contributed by atoms with E-state index in [9.17, 15) is 8.42 Å². The van der Waals surface area contributed by atoms with E-state index in [1.54, 1.807) is 12.1 Å². The van der Waals surface area contributed by atoms with Crippen LogP contribution >= 0.6 is 0 Å². The number of sulfonamides is 1. The lowest BCUT2D eigenvalue weighted by Gasteiger charge is -2.24. The van der Waals surface area contributed by atoms with Gasteiger partial charge in [-0.05, 0) is 37.9 Å². The van der Waals surface area contributed by atoms with E-state index >= 15 is 0 Å². The normalized spacial score (nSPS) is 17.2. The van der Waals surface area contributed by atoms with E-state index in [2.05, 4.69) is 25.2 Å². The van der Waals surface area contributed by atoms with Gasteiger partial charge in [0, 0.05) is 13.1 Å². The van der Waals surface area contributed by atoms with Crippen LogP contribution in [0.3, 0.4) is 0 Å². The first-order valence-corrected chi connectivity index (χ1v) is 8.79. The molecule has 0 amide bonds. The maximum absolute atomic E-state index is 12.5. The summed E-state index contributed by atoms with van der Waals surface area (Å²) < 4.78 is 32.0. The number of furan rings is 1. The van der Waals surface area contributed by atoms with Gasteiger partial charge in [-0.2, -0.15) is 4.31 Å². The van der Waals surface area contributed by atoms with Crippen LogP contribution in [-0.4, -0.2) is 32.4 Å². The molecule has 0 unspecified atom stereocenters. The molecular formula is C15H24N2O3S. The minimum absolute atomic E-state index is 0.0403. The van der Waals surface area contributed by atoms with Gasteiger partial charge in [-0.3, -0.25) is 0 Å². The molecule has 6 heteroatoms. The Hall–Kier alpha value is -1.11. The van der Waals surface area contributed by atoms with Gasteiger partial charge in [-0.25, -0.2) is 8.42 Å². The van der Waals surface area contributed by atoms with Crippen molar-refractivity contribution >= 4 is 10.0 Å². The Labute approximate surface area is 127 Å². The molecule has 21 heavy (non-hydrogen) atoms. The second-order valence-electron chi connectivity index (χ2n) is 5.92. The monoisotopic (exact) mass is 312 g/mol. The van der Waals surface area contributed by atoms with Crippen LogP contribution in [-0.2, 0) is 16.6 Å². The van der Waals surface area contributed by atoms with Crippen LogP contribution in [0.15, 0.2) is 33.3 Å². The molecule has 1 aliphatic heterocycles. The van der Waals surface area contributed by atoms with Crippen LogP contribution < -0.4 is 5.32 Å². The zero-order chi connectivity index (χ0) is 15.5. The summed E-state index contributed by atoms with van der Waals surface area (Å²) in [6.45, 7) is 8.58. The van der Waals surface area contributed by atoms with Crippen LogP contribution in [0.4, 0.5) is 0 Å². The Balaban J connectivity index is 2.04. The molecular weight excluding hydrogens is 288 g/mol. The molecule has 118 valence electrons. The number of hydrogen-bond donors (Lipinski definition) is 1. The van der Waals surface area contributed by atoms with E-state index in [4.69, 9.17) is 4.42 Å². The highest BCUT2D eigenvalue weighted by Crippen LogP contribution is 2.22. The van der Waals surface area contributed by atoms with E-state index in [-0.39, 0.29) is 5.09 Å². The number of nitrogens with zero attached hydrogens (tertiary/aromatic N) is 1. The molecule has 0 bridgehead atoms. The summed E-state index contributed by atoms with van der Waals surface area (Å²) in [6, 6.07) is 3.28. The van der Waals surface area contributed by atoms with E-state index in [0.29, 0.717) is 31.3 Å². The average molecular weight is 312 g/mol. The lowest BCUT2D eigenvalue weighted by molar-refractivity contribution is 0.366. The molecule has 1 aliphatic rings. The number of rotatable bonds is 6. The molecule has 0 radical (unpaired) electrons. The summed E-state index contributed by atoms with van der Waals surface area (Å²) in [5.74, 6) is 1.20. The van der Waals surface area contributed by atoms with Crippen LogP contribution in [0.5, 0.6) is 0 Å². The maximum atomic E-state index is 12.5. The molecule has 0 aliphatic carbocycles. The summed E-state index contributed by atoms with van der Waals surface area (Å²) in [5.41, 5.74) is 1.08. The second kappa shape index (κ2) is 6.77. The fourth-order valence-corrected chi connectivity index (χ4v) is 3.71. The zero-order valence-corrected chi connectivity index (χ0v) is 13.7. The third-order valence-corrected chi connectivity index (χ3v) is 5.10. The Morgan fingerprint density at radius 2 is 2.14 bits per heavy atom. The van der Waals surface area contributed by atoms with Crippen molar-refractivity contribution in [1.29, 1.82) is 0 Å². The Kier molecular flexibility index (Phi) is 5.24. The van der Waals surface area contributed by atoms with Crippen molar-refractivity contribution in [2.24, 2.45) is 5.92 Å². The molecule has 0 saturated heterocycles. The summed E-state index contributed by atoms with van der Waals surface area (Å²) >= 11 is 0. The Morgan fingerprint density at radius 3 is 2.81 bits per heavy atom. The molecule has 2 heterocycles. The summed E-state index contributed by atoms with van der Waals surface area (Å²) in [4.78, 5) is 0. The van der Waals surface area contributed by atoms with E-state index in [0.717, 1.165) is 18.5 Å². The molecule has 2 rings (SSSR count). The molecule has 0 saturated carbocycles. The summed E-state index contributed by atoms with van der Waals surface area (Å²) in [5, 5.41) is 3.28. The second-order valence-corrected chi connectivity index (χ2v) is 7.79. The van der Waals surface area contributed by atoms with Crippen LogP contribution in [0, 0.1) is 5.92 Å². The van der Waals surface area contributed by atoms with Crippen LogP contribution in [0.25, 0.3) is 0 Å². The third kappa shape index (κ3) is 4.18. The minimum atomic E-state index is -3.52. The molecule has 0 fully saturated rings. The number of nitrogens with one attached hydrogen (secondary N) is 1. The maximum Gasteiger partial charge on any atom is 0.276 e. The van der Waals surface area contributed by atoms with Crippen LogP contribution in [0.2, 0.25) is 0 Å². The quantitative estimate of drug-likeness (QED) is 0.819. The van der Waals surface area contributed by atoms with Gasteiger partial charge in [0.15, 0.2) is 0 Å². The van der Waals surface area contributed by atoms with Crippen molar-refractivity contribution in [3.63, 3.8) is 0 Å². The van der Waals surface area contributed by atoms with Crippen LogP contribution in [0.1, 0.15) is 33.0 Å². The SMILES string of the molecule is CC1=CCCN(S(=O)(=O)c2ccc(CNCC(C)C)o2)C1. The molecule has 1 aromatic rings. The highest BCUT2D eigenvalue weighted by Gasteiger charge is 2.28. The smallest absolute Gasteiger partial charge is 0.276 e. The highest BCUT2D eigenvalue weighted by molar-refractivity contribution is 7.89. The van der Waals surface area contributed by atoms with Gasteiger partial charge >= 0.3 is 0 Å². The molecule has 1 aromatic heterocycles. The molecule has 0 spiro atoms. The standard InChI is InChI=1S/C15H24N2O3S/c1-12(2)9-16-10-14-6-7-15(20-14)21(18,19)17-8-4-5-13(3)11-17/h5-7,12,16H,4,8-11H2,1-3H3. The third-order valence-electron chi connectivity index (χ3n) is 3.38. The lowest BCUT2D eigenvalue weighted by Crippen LogP contribution is -2.35. The first-order chi connectivity index (χ1) is 9.89. The summed E-state index contributed by atoms with van der Waals surface area (Å²) in [7, 11) is -3.52. The van der Waals surface area contributed by atoms with Gasteiger partial charge in [0.2, 0.25) is 5.09 Å². The predicted octanol–water partition coefficient (Wildman–Crippen LogP) is 2.37. The van der Waals surface area contributed by atoms with E-state index in [1.165, 1.54) is 4.31 Å². The van der Waals surface area contributed by atoms with Crippen molar-refractivity contribution in [3.8, 4) is 0 Å². The van der Waals surface area contributed by atoms with Gasteiger partial charge in [0.05, 0.1) is 6.54 Å². The topological polar surface area (TPSA) is 62.6 Å². The fourth-order valence-electron chi connectivity index (χ4n) is 2.29. The molecule has 5 nitrogen and oxygen atoms in total. The highest BCUT2D eigenvalue weighted by atomic mass is 32.2. The van der Waals surface area contributed by atoms with Gasteiger partial charge < -0.3 is 9.73 Å². The first-order valence-electron chi connectivity index (χ1n) is 7.35. The lowest BCUT2D eigenvalue weighted by atomic mass is 10.2. The molecule has 1 N–H and O–H groups in total. The minimum Gasteiger partial charge on any atom is -0.447 e. The summed E-state index contributed by atoms with van der Waals surface area (Å²) in [6.07, 6.45) is 2.84. The molecule has 0 aromatic carbocycles. The van der Waals surface area contributed by atoms with Gasteiger partial charge in [0.1, 0.15) is 5.76 Å².